The van der Waals surface area contributed by atoms with Gasteiger partial charge in [-0.15, -0.1) is 0 Å². The fraction of sp³-hybridized carbons (Fsp3) is 0.407. The molecule has 0 spiro atoms. The third-order valence-corrected chi connectivity index (χ3v) is 6.86. The number of aryl methyl sites for hydroxylation is 3. The van der Waals surface area contributed by atoms with E-state index in [1.54, 1.807) is 6.07 Å². The Kier molecular flexibility index (Phi) is 7.20. The van der Waals surface area contributed by atoms with Gasteiger partial charge in [-0.25, -0.2) is 4.79 Å². The third kappa shape index (κ3) is 5.66. The van der Waals surface area contributed by atoms with Crippen LogP contribution in [0.3, 0.4) is 0 Å². The van der Waals surface area contributed by atoms with Gasteiger partial charge in [0, 0.05) is 47.5 Å². The summed E-state index contributed by atoms with van der Waals surface area (Å²) in [6.07, 6.45) is 3.13. The van der Waals surface area contributed by atoms with Gasteiger partial charge in [0.15, 0.2) is 0 Å². The number of carbonyl (C=O) groups is 1. The molecular weight excluding hydrogens is 438 g/mol. The van der Waals surface area contributed by atoms with Crippen LogP contribution in [0, 0.1) is 13.8 Å². The van der Waals surface area contributed by atoms with Crippen LogP contribution in [0.25, 0.3) is 11.0 Å². The summed E-state index contributed by atoms with van der Waals surface area (Å²) in [6.45, 7) is 5.89. The first-order chi connectivity index (χ1) is 15.8. The van der Waals surface area contributed by atoms with Crippen LogP contribution in [-0.4, -0.2) is 36.9 Å². The molecule has 2 heterocycles. The number of hydrogen-bond acceptors (Lipinski definition) is 5. The van der Waals surface area contributed by atoms with E-state index in [-0.39, 0.29) is 18.3 Å². The molecule has 1 aliphatic heterocycles. The number of hydrogen-bond donors (Lipinski definition) is 0. The summed E-state index contributed by atoms with van der Waals surface area (Å²) in [6, 6.07) is 11.4. The second kappa shape index (κ2) is 10.1. The maximum Gasteiger partial charge on any atom is 0.339 e. The lowest BCUT2D eigenvalue weighted by Gasteiger charge is -2.29. The summed E-state index contributed by atoms with van der Waals surface area (Å²) in [5.41, 5.74) is 3.29. The molecule has 1 saturated heterocycles. The molecule has 1 fully saturated rings. The highest BCUT2D eigenvalue weighted by molar-refractivity contribution is 6.31. The van der Waals surface area contributed by atoms with Gasteiger partial charge in [0.05, 0.1) is 0 Å². The number of piperidine rings is 1. The maximum absolute atomic E-state index is 12.6. The summed E-state index contributed by atoms with van der Waals surface area (Å²) >= 11 is 6.17. The second-order valence-corrected chi connectivity index (χ2v) is 9.49. The molecule has 0 N–H and O–H groups in total. The lowest BCUT2D eigenvalue weighted by molar-refractivity contribution is -0.118. The first-order valence-electron chi connectivity index (χ1n) is 11.5. The van der Waals surface area contributed by atoms with E-state index in [1.807, 2.05) is 44.2 Å². The summed E-state index contributed by atoms with van der Waals surface area (Å²) < 4.78 is 11.9. The molecule has 0 aliphatic carbocycles. The first kappa shape index (κ1) is 23.5. The molecule has 0 radical (unpaired) electrons. The maximum atomic E-state index is 12.6. The summed E-state index contributed by atoms with van der Waals surface area (Å²) in [5.74, 6) is 0.748. The van der Waals surface area contributed by atoms with Crippen LogP contribution in [0.5, 0.6) is 5.75 Å². The molecule has 0 amide bonds. The lowest BCUT2D eigenvalue weighted by atomic mass is 10.0. The number of likely N-dealkylation sites (tertiary alicyclic amines) is 1. The fourth-order valence-electron chi connectivity index (χ4n) is 4.26. The van der Waals surface area contributed by atoms with E-state index in [4.69, 9.17) is 20.8 Å². The monoisotopic (exact) mass is 467 g/mol. The Morgan fingerprint density at radius 3 is 2.64 bits per heavy atom. The molecule has 0 saturated carbocycles. The quantitative estimate of drug-likeness (QED) is 0.442. The number of benzene rings is 2. The number of Topliss-reactive ketones (excluding diaryl/α,β-unsaturated/α-hetero) is 1. The Hall–Kier alpha value is -2.63. The van der Waals surface area contributed by atoms with Crippen molar-refractivity contribution in [1.29, 1.82) is 0 Å². The van der Waals surface area contributed by atoms with Crippen LogP contribution < -0.4 is 10.4 Å². The number of nitrogens with zero attached hydrogens (tertiary/aromatic N) is 1. The Labute approximate surface area is 199 Å². The number of ketones is 1. The summed E-state index contributed by atoms with van der Waals surface area (Å²) in [5, 5.41) is 1.50. The molecule has 174 valence electrons. The molecule has 5 nitrogen and oxygen atoms in total. The highest BCUT2D eigenvalue weighted by atomic mass is 35.5. The number of rotatable bonds is 7. The van der Waals surface area contributed by atoms with E-state index in [0.29, 0.717) is 29.0 Å². The standard InChI is InChI=1S/C27H30ClNO4/c1-17-4-5-19(14-24(17)28)6-8-22(30)16-21-15-20-7-9-25(18(2)26(20)33-27(21)31)32-23-10-12-29(3)13-11-23/h4-5,7,9,14-15,23H,6,8,10-13,16H2,1-3H3. The van der Waals surface area contributed by atoms with Crippen molar-refractivity contribution < 1.29 is 13.9 Å². The lowest BCUT2D eigenvalue weighted by Crippen LogP contribution is -2.35. The van der Waals surface area contributed by atoms with Gasteiger partial charge in [-0.1, -0.05) is 23.7 Å². The predicted octanol–water partition coefficient (Wildman–Crippen LogP) is 5.28. The van der Waals surface area contributed by atoms with Crippen molar-refractivity contribution in [2.75, 3.05) is 20.1 Å². The van der Waals surface area contributed by atoms with Crippen LogP contribution in [0.4, 0.5) is 0 Å². The molecule has 0 unspecified atom stereocenters. The van der Waals surface area contributed by atoms with Gasteiger partial charge in [-0.2, -0.15) is 0 Å². The van der Waals surface area contributed by atoms with Crippen LogP contribution >= 0.6 is 11.6 Å². The Bertz CT molecular complexity index is 1220. The van der Waals surface area contributed by atoms with Crippen LogP contribution in [0.15, 0.2) is 45.6 Å². The molecule has 33 heavy (non-hydrogen) atoms. The molecule has 2 aromatic carbocycles. The molecule has 0 atom stereocenters. The second-order valence-electron chi connectivity index (χ2n) is 9.09. The van der Waals surface area contributed by atoms with E-state index < -0.39 is 5.63 Å². The van der Waals surface area contributed by atoms with Crippen LogP contribution in [0.1, 0.15) is 41.5 Å². The average Bonchev–Trinajstić information content (AvgIpc) is 2.79. The van der Waals surface area contributed by atoms with E-state index in [0.717, 1.165) is 53.8 Å². The van der Waals surface area contributed by atoms with Gasteiger partial charge in [0.2, 0.25) is 0 Å². The number of ether oxygens (including phenoxy) is 1. The van der Waals surface area contributed by atoms with Crippen molar-refractivity contribution in [2.24, 2.45) is 0 Å². The van der Waals surface area contributed by atoms with Gasteiger partial charge in [0.25, 0.3) is 0 Å². The Morgan fingerprint density at radius 1 is 1.15 bits per heavy atom. The minimum Gasteiger partial charge on any atom is -0.490 e. The summed E-state index contributed by atoms with van der Waals surface area (Å²) in [7, 11) is 2.12. The number of carbonyl (C=O) groups excluding carboxylic acids is 1. The minimum absolute atomic E-state index is 0.00251. The largest absolute Gasteiger partial charge is 0.490 e. The molecule has 3 aromatic rings. The first-order valence-corrected chi connectivity index (χ1v) is 11.9. The summed E-state index contributed by atoms with van der Waals surface area (Å²) in [4.78, 5) is 27.5. The van der Waals surface area contributed by atoms with Crippen molar-refractivity contribution in [2.45, 2.75) is 52.1 Å². The molecular formula is C27H30ClNO4. The van der Waals surface area contributed by atoms with Gasteiger partial charge in [0.1, 0.15) is 23.2 Å². The Morgan fingerprint density at radius 2 is 1.91 bits per heavy atom. The van der Waals surface area contributed by atoms with Gasteiger partial charge >= 0.3 is 5.63 Å². The SMILES string of the molecule is Cc1ccc(CCC(=O)Cc2cc3ccc(OC4CCN(C)CC4)c(C)c3oc2=O)cc1Cl. The number of halogens is 1. The zero-order valence-corrected chi connectivity index (χ0v) is 20.2. The molecule has 1 aliphatic rings. The van der Waals surface area contributed by atoms with Crippen LogP contribution in [-0.2, 0) is 17.6 Å². The number of fused-ring (bicyclic) bond motifs is 1. The van der Waals surface area contributed by atoms with Gasteiger partial charge in [-0.3, -0.25) is 4.79 Å². The molecule has 6 heteroatoms. The van der Waals surface area contributed by atoms with E-state index in [9.17, 15) is 9.59 Å². The zero-order chi connectivity index (χ0) is 23.5. The normalized spacial score (nSPS) is 15.2. The molecule has 1 aromatic heterocycles. The van der Waals surface area contributed by atoms with E-state index in [2.05, 4.69) is 11.9 Å². The minimum atomic E-state index is -0.464. The van der Waals surface area contributed by atoms with Crippen molar-refractivity contribution in [3.8, 4) is 5.75 Å². The zero-order valence-electron chi connectivity index (χ0n) is 19.4. The smallest absolute Gasteiger partial charge is 0.339 e. The van der Waals surface area contributed by atoms with Crippen molar-refractivity contribution in [3.63, 3.8) is 0 Å². The molecule has 4 rings (SSSR count). The average molecular weight is 468 g/mol. The van der Waals surface area contributed by atoms with Crippen molar-refractivity contribution in [3.05, 3.63) is 74.1 Å². The van der Waals surface area contributed by atoms with E-state index in [1.165, 1.54) is 0 Å². The highest BCUT2D eigenvalue weighted by Crippen LogP contribution is 2.29. The van der Waals surface area contributed by atoms with Gasteiger partial charge < -0.3 is 14.1 Å². The van der Waals surface area contributed by atoms with Crippen LogP contribution in [0.2, 0.25) is 5.02 Å². The molecule has 0 bridgehead atoms. The third-order valence-electron chi connectivity index (χ3n) is 6.45. The topological polar surface area (TPSA) is 59.8 Å². The predicted molar refractivity (Wildman–Crippen MR) is 132 cm³/mol. The Balaban J connectivity index is 1.45. The van der Waals surface area contributed by atoms with Gasteiger partial charge in [-0.05, 0) is 75.5 Å². The highest BCUT2D eigenvalue weighted by Gasteiger charge is 2.20. The fourth-order valence-corrected chi connectivity index (χ4v) is 4.46. The van der Waals surface area contributed by atoms with E-state index >= 15 is 0 Å². The van der Waals surface area contributed by atoms with Crippen molar-refractivity contribution >= 4 is 28.4 Å². The van der Waals surface area contributed by atoms with Crippen molar-refractivity contribution in [1.82, 2.24) is 4.90 Å².